The smallest absolute Gasteiger partial charge is 0.242 e. The van der Waals surface area contributed by atoms with Crippen LogP contribution < -0.4 is 5.73 Å². The molecule has 1 unspecified atom stereocenters. The molecule has 0 heterocycles. The molecule has 1 aromatic carbocycles. The monoisotopic (exact) mass is 292 g/mol. The molecule has 1 atom stereocenters. The SMILES string of the molecule is CCCC(C)(N)C(=O)N(Cc1ccc(F)cc1)CC1CC1. The van der Waals surface area contributed by atoms with Gasteiger partial charge in [-0.25, -0.2) is 4.39 Å². The molecular weight excluding hydrogens is 267 g/mol. The molecule has 3 nitrogen and oxygen atoms in total. The molecule has 1 amide bonds. The van der Waals surface area contributed by atoms with Gasteiger partial charge in [-0.1, -0.05) is 25.5 Å². The van der Waals surface area contributed by atoms with E-state index in [0.29, 0.717) is 18.9 Å². The van der Waals surface area contributed by atoms with Gasteiger partial charge in [0.05, 0.1) is 5.54 Å². The maximum absolute atomic E-state index is 13.0. The average Bonchev–Trinajstić information content (AvgIpc) is 3.23. The van der Waals surface area contributed by atoms with E-state index in [-0.39, 0.29) is 11.7 Å². The quantitative estimate of drug-likeness (QED) is 0.839. The van der Waals surface area contributed by atoms with Gasteiger partial charge in [-0.05, 0) is 49.8 Å². The van der Waals surface area contributed by atoms with Gasteiger partial charge in [0.15, 0.2) is 0 Å². The second kappa shape index (κ2) is 6.56. The number of carbonyl (C=O) groups is 1. The minimum absolute atomic E-state index is 0.000532. The topological polar surface area (TPSA) is 46.3 Å². The maximum atomic E-state index is 13.0. The molecule has 1 aliphatic rings. The maximum Gasteiger partial charge on any atom is 0.242 e. The van der Waals surface area contributed by atoms with Crippen LogP contribution in [-0.4, -0.2) is 22.9 Å². The lowest BCUT2D eigenvalue weighted by molar-refractivity contribution is -0.137. The molecule has 21 heavy (non-hydrogen) atoms. The van der Waals surface area contributed by atoms with Gasteiger partial charge in [-0.2, -0.15) is 0 Å². The first-order chi connectivity index (χ1) is 9.92. The summed E-state index contributed by atoms with van der Waals surface area (Å²) in [6.07, 6.45) is 3.92. The highest BCUT2D eigenvalue weighted by Crippen LogP contribution is 2.31. The predicted octanol–water partition coefficient (Wildman–Crippen LogP) is 3.08. The van der Waals surface area contributed by atoms with Crippen LogP contribution in [0.25, 0.3) is 0 Å². The molecule has 2 N–H and O–H groups in total. The van der Waals surface area contributed by atoms with Gasteiger partial charge < -0.3 is 10.6 Å². The normalized spacial score (nSPS) is 17.3. The molecule has 0 saturated heterocycles. The van der Waals surface area contributed by atoms with Gasteiger partial charge in [-0.3, -0.25) is 4.79 Å². The van der Waals surface area contributed by atoms with Crippen molar-refractivity contribution in [1.82, 2.24) is 4.90 Å². The first-order valence-electron chi connectivity index (χ1n) is 7.75. The summed E-state index contributed by atoms with van der Waals surface area (Å²) < 4.78 is 13.0. The number of amides is 1. The standard InChI is InChI=1S/C17H25FN2O/c1-3-10-17(2,19)16(21)20(11-13-4-5-13)12-14-6-8-15(18)9-7-14/h6-9,13H,3-5,10-12,19H2,1-2H3. The van der Waals surface area contributed by atoms with Crippen LogP contribution in [0.2, 0.25) is 0 Å². The molecule has 0 spiro atoms. The molecule has 116 valence electrons. The van der Waals surface area contributed by atoms with Crippen molar-refractivity contribution in [2.24, 2.45) is 11.7 Å². The number of hydrogen-bond donors (Lipinski definition) is 1. The highest BCUT2D eigenvalue weighted by molar-refractivity contribution is 5.85. The Morgan fingerprint density at radius 1 is 1.38 bits per heavy atom. The van der Waals surface area contributed by atoms with E-state index < -0.39 is 5.54 Å². The zero-order valence-corrected chi connectivity index (χ0v) is 12.9. The molecule has 1 fully saturated rings. The van der Waals surface area contributed by atoms with Gasteiger partial charge >= 0.3 is 0 Å². The van der Waals surface area contributed by atoms with E-state index in [4.69, 9.17) is 5.73 Å². The van der Waals surface area contributed by atoms with Crippen molar-refractivity contribution in [2.75, 3.05) is 6.54 Å². The molecule has 1 aliphatic carbocycles. The summed E-state index contributed by atoms with van der Waals surface area (Å²) in [6, 6.07) is 6.33. The highest BCUT2D eigenvalue weighted by Gasteiger charge is 2.34. The first-order valence-corrected chi connectivity index (χ1v) is 7.75. The van der Waals surface area contributed by atoms with Crippen molar-refractivity contribution in [1.29, 1.82) is 0 Å². The van der Waals surface area contributed by atoms with Gasteiger partial charge in [0.1, 0.15) is 5.82 Å². The number of hydrogen-bond acceptors (Lipinski definition) is 2. The first kappa shape index (κ1) is 16.0. The fourth-order valence-electron chi connectivity index (χ4n) is 2.63. The molecule has 0 aromatic heterocycles. The Bertz CT molecular complexity index is 480. The van der Waals surface area contributed by atoms with Gasteiger partial charge in [0.25, 0.3) is 0 Å². The van der Waals surface area contributed by atoms with Crippen LogP contribution >= 0.6 is 0 Å². The van der Waals surface area contributed by atoms with E-state index >= 15 is 0 Å². The Hall–Kier alpha value is -1.42. The average molecular weight is 292 g/mol. The van der Waals surface area contributed by atoms with Crippen molar-refractivity contribution in [3.05, 3.63) is 35.6 Å². The van der Waals surface area contributed by atoms with E-state index in [1.165, 1.54) is 25.0 Å². The van der Waals surface area contributed by atoms with Crippen LogP contribution in [0.5, 0.6) is 0 Å². The lowest BCUT2D eigenvalue weighted by atomic mass is 9.95. The van der Waals surface area contributed by atoms with Crippen molar-refractivity contribution in [3.8, 4) is 0 Å². The van der Waals surface area contributed by atoms with E-state index in [2.05, 4.69) is 0 Å². The minimum atomic E-state index is -0.816. The molecule has 1 saturated carbocycles. The largest absolute Gasteiger partial charge is 0.337 e. The van der Waals surface area contributed by atoms with Gasteiger partial charge in [0.2, 0.25) is 5.91 Å². The summed E-state index contributed by atoms with van der Waals surface area (Å²) in [6.45, 7) is 5.10. The number of halogens is 1. The van der Waals surface area contributed by atoms with Crippen LogP contribution in [0.3, 0.4) is 0 Å². The Balaban J connectivity index is 2.09. The Morgan fingerprint density at radius 2 is 2.00 bits per heavy atom. The Labute approximate surface area is 126 Å². The summed E-state index contributed by atoms with van der Waals surface area (Å²) >= 11 is 0. The number of nitrogens with two attached hydrogens (primary N) is 1. The van der Waals surface area contributed by atoms with Crippen LogP contribution in [0.4, 0.5) is 4.39 Å². The molecule has 0 radical (unpaired) electrons. The summed E-state index contributed by atoms with van der Waals surface area (Å²) in [7, 11) is 0. The van der Waals surface area contributed by atoms with E-state index in [9.17, 15) is 9.18 Å². The second-order valence-corrected chi connectivity index (χ2v) is 6.42. The van der Waals surface area contributed by atoms with Crippen molar-refractivity contribution < 1.29 is 9.18 Å². The summed E-state index contributed by atoms with van der Waals surface area (Å²) in [4.78, 5) is 14.6. The zero-order valence-electron chi connectivity index (χ0n) is 12.9. The second-order valence-electron chi connectivity index (χ2n) is 6.42. The zero-order chi connectivity index (χ0) is 15.5. The number of carbonyl (C=O) groups excluding carboxylic acids is 1. The molecule has 2 rings (SSSR count). The fourth-order valence-corrected chi connectivity index (χ4v) is 2.63. The fraction of sp³-hybridized carbons (Fsp3) is 0.588. The minimum Gasteiger partial charge on any atom is -0.337 e. The van der Waals surface area contributed by atoms with Crippen molar-refractivity contribution in [3.63, 3.8) is 0 Å². The van der Waals surface area contributed by atoms with Crippen LogP contribution in [0, 0.1) is 11.7 Å². The third kappa shape index (κ3) is 4.53. The highest BCUT2D eigenvalue weighted by atomic mass is 19.1. The van der Waals surface area contributed by atoms with Crippen LogP contribution in [-0.2, 0) is 11.3 Å². The third-order valence-electron chi connectivity index (χ3n) is 4.01. The van der Waals surface area contributed by atoms with Crippen LogP contribution in [0.1, 0.15) is 45.1 Å². The summed E-state index contributed by atoms with van der Waals surface area (Å²) in [5, 5.41) is 0. The van der Waals surface area contributed by atoms with E-state index in [0.717, 1.165) is 18.5 Å². The van der Waals surface area contributed by atoms with Gasteiger partial charge in [0, 0.05) is 13.1 Å². The Kier molecular flexibility index (Phi) is 4.99. The van der Waals surface area contributed by atoms with E-state index in [1.54, 1.807) is 12.1 Å². The molecule has 0 bridgehead atoms. The third-order valence-corrected chi connectivity index (χ3v) is 4.01. The lowest BCUT2D eigenvalue weighted by Gasteiger charge is -2.32. The van der Waals surface area contributed by atoms with E-state index in [1.807, 2.05) is 18.7 Å². The summed E-state index contributed by atoms with van der Waals surface area (Å²) in [5.41, 5.74) is 6.32. The molecule has 0 aliphatic heterocycles. The molecule has 1 aromatic rings. The predicted molar refractivity (Wildman–Crippen MR) is 82.0 cm³/mol. The van der Waals surface area contributed by atoms with Crippen molar-refractivity contribution >= 4 is 5.91 Å². The Morgan fingerprint density at radius 3 is 2.52 bits per heavy atom. The number of rotatable bonds is 7. The lowest BCUT2D eigenvalue weighted by Crippen LogP contribution is -2.53. The molecular formula is C17H25FN2O. The number of benzene rings is 1. The van der Waals surface area contributed by atoms with Crippen molar-refractivity contribution in [2.45, 2.75) is 51.6 Å². The number of nitrogens with zero attached hydrogens (tertiary/aromatic N) is 1. The summed E-state index contributed by atoms with van der Waals surface area (Å²) in [5.74, 6) is 0.348. The van der Waals surface area contributed by atoms with Crippen LogP contribution in [0.15, 0.2) is 24.3 Å². The van der Waals surface area contributed by atoms with Gasteiger partial charge in [-0.15, -0.1) is 0 Å². The molecule has 4 heteroatoms.